The molecule has 0 aliphatic heterocycles. The molecule has 2 aromatic carbocycles. The quantitative estimate of drug-likeness (QED) is 0.311. The number of rotatable bonds is 8. The van der Waals surface area contributed by atoms with Crippen molar-refractivity contribution < 1.29 is 14.3 Å². The van der Waals surface area contributed by atoms with E-state index in [0.29, 0.717) is 22.8 Å². The largest absolute Gasteiger partial charge is 0.396 e. The number of amides is 1. The second-order valence-corrected chi connectivity index (χ2v) is 9.47. The molecule has 0 aliphatic rings. The number of hydrogen-bond donors (Lipinski definition) is 3. The fraction of sp³-hybridized carbons (Fsp3) is 0.222. The molecule has 1 amide bonds. The lowest BCUT2D eigenvalue weighted by molar-refractivity contribution is 0.0808. The molecule has 0 saturated carbocycles. The van der Waals surface area contributed by atoms with Gasteiger partial charge < -0.3 is 10.4 Å². The molecule has 8 heteroatoms. The summed E-state index contributed by atoms with van der Waals surface area (Å²) in [4.78, 5) is 17.8. The van der Waals surface area contributed by atoms with E-state index in [9.17, 15) is 9.90 Å². The Labute approximate surface area is 208 Å². The van der Waals surface area contributed by atoms with Crippen LogP contribution in [0.2, 0.25) is 5.02 Å². The zero-order chi connectivity index (χ0) is 25.0. The van der Waals surface area contributed by atoms with E-state index in [0.717, 1.165) is 11.3 Å². The van der Waals surface area contributed by atoms with Gasteiger partial charge in [0.2, 0.25) is 0 Å². The predicted octanol–water partition coefficient (Wildman–Crippen LogP) is 5.29. The first-order valence-corrected chi connectivity index (χ1v) is 11.6. The topological polar surface area (TPSA) is 90.9 Å². The van der Waals surface area contributed by atoms with E-state index >= 15 is 4.39 Å². The molecular weight excluding hydrogens is 467 g/mol. The summed E-state index contributed by atoms with van der Waals surface area (Å²) >= 11 is 5.97. The van der Waals surface area contributed by atoms with E-state index in [1.165, 1.54) is 12.1 Å². The molecule has 4 aromatic rings. The number of aliphatic hydroxyl groups is 1. The highest BCUT2D eigenvalue weighted by atomic mass is 35.5. The Bertz CT molecular complexity index is 1310. The van der Waals surface area contributed by atoms with Crippen molar-refractivity contribution in [1.29, 1.82) is 0 Å². The number of aliphatic hydroxyl groups excluding tert-OH is 1. The van der Waals surface area contributed by atoms with Crippen LogP contribution in [0.3, 0.4) is 0 Å². The van der Waals surface area contributed by atoms with Crippen molar-refractivity contribution >= 4 is 17.5 Å². The number of H-pyrrole nitrogens is 1. The molecule has 6 nitrogen and oxygen atoms in total. The Morgan fingerprint density at radius 1 is 1.14 bits per heavy atom. The van der Waals surface area contributed by atoms with Crippen LogP contribution in [0.5, 0.6) is 0 Å². The third kappa shape index (κ3) is 5.58. The maximum absolute atomic E-state index is 15.0. The second kappa shape index (κ2) is 10.4. The highest BCUT2D eigenvalue weighted by Crippen LogP contribution is 2.30. The van der Waals surface area contributed by atoms with E-state index in [1.807, 2.05) is 44.2 Å². The van der Waals surface area contributed by atoms with Gasteiger partial charge in [-0.25, -0.2) is 4.39 Å². The molecule has 35 heavy (non-hydrogen) atoms. The van der Waals surface area contributed by atoms with E-state index in [1.54, 1.807) is 30.5 Å². The molecule has 3 N–H and O–H groups in total. The van der Waals surface area contributed by atoms with Crippen LogP contribution in [-0.4, -0.2) is 38.8 Å². The van der Waals surface area contributed by atoms with Crippen LogP contribution >= 0.6 is 11.6 Å². The first-order valence-electron chi connectivity index (χ1n) is 11.2. The van der Waals surface area contributed by atoms with Crippen molar-refractivity contribution in [3.8, 4) is 22.5 Å². The Morgan fingerprint density at radius 3 is 2.60 bits per heavy atom. The van der Waals surface area contributed by atoms with Gasteiger partial charge in [-0.1, -0.05) is 49.7 Å². The van der Waals surface area contributed by atoms with Crippen LogP contribution in [0.25, 0.3) is 22.5 Å². The number of pyridine rings is 1. The third-order valence-electron chi connectivity index (χ3n) is 6.04. The van der Waals surface area contributed by atoms with Gasteiger partial charge in [0.25, 0.3) is 5.91 Å². The number of nitrogens with one attached hydrogen (secondary N) is 2. The number of carbonyl (C=O) groups excluding carboxylic acids is 1. The Morgan fingerprint density at radius 2 is 1.91 bits per heavy atom. The molecular formula is C27H26ClFN4O2. The highest BCUT2D eigenvalue weighted by Gasteiger charge is 2.32. The highest BCUT2D eigenvalue weighted by molar-refractivity contribution is 6.30. The first kappa shape index (κ1) is 24.6. The molecule has 0 bridgehead atoms. The van der Waals surface area contributed by atoms with Gasteiger partial charge in [-0.2, -0.15) is 5.10 Å². The first-order chi connectivity index (χ1) is 16.8. The minimum Gasteiger partial charge on any atom is -0.396 e. The predicted molar refractivity (Wildman–Crippen MR) is 134 cm³/mol. The van der Waals surface area contributed by atoms with E-state index < -0.39 is 23.2 Å². The van der Waals surface area contributed by atoms with Crippen molar-refractivity contribution in [2.75, 3.05) is 6.61 Å². The number of nitrogens with zero attached hydrogens (tertiary/aromatic N) is 2. The van der Waals surface area contributed by atoms with E-state index in [-0.39, 0.29) is 17.7 Å². The lowest BCUT2D eigenvalue weighted by Crippen LogP contribution is -2.48. The molecule has 1 atom stereocenters. The Kier molecular flexibility index (Phi) is 7.28. The number of benzene rings is 2. The van der Waals surface area contributed by atoms with Crippen molar-refractivity contribution in [2.45, 2.75) is 26.3 Å². The van der Waals surface area contributed by atoms with Gasteiger partial charge in [0.15, 0.2) is 0 Å². The molecule has 0 aliphatic carbocycles. The van der Waals surface area contributed by atoms with Crippen molar-refractivity contribution in [2.24, 2.45) is 5.41 Å². The van der Waals surface area contributed by atoms with Crippen LogP contribution in [0.15, 0.2) is 72.9 Å². The van der Waals surface area contributed by atoms with Crippen LogP contribution < -0.4 is 5.32 Å². The van der Waals surface area contributed by atoms with Crippen molar-refractivity contribution in [3.05, 3.63) is 95.0 Å². The van der Waals surface area contributed by atoms with Crippen molar-refractivity contribution in [3.63, 3.8) is 0 Å². The average molecular weight is 493 g/mol. The Hall–Kier alpha value is -3.55. The monoisotopic (exact) mass is 492 g/mol. The maximum atomic E-state index is 15.0. The van der Waals surface area contributed by atoms with E-state index in [2.05, 4.69) is 20.5 Å². The fourth-order valence-corrected chi connectivity index (χ4v) is 3.92. The summed E-state index contributed by atoms with van der Waals surface area (Å²) in [6.45, 7) is 3.57. The van der Waals surface area contributed by atoms with Gasteiger partial charge in [-0.15, -0.1) is 0 Å². The smallest absolute Gasteiger partial charge is 0.252 e. The second-order valence-electron chi connectivity index (χ2n) is 9.03. The van der Waals surface area contributed by atoms with Gasteiger partial charge in [0, 0.05) is 34.8 Å². The molecule has 4 rings (SSSR count). The average Bonchev–Trinajstić information content (AvgIpc) is 3.34. The van der Waals surface area contributed by atoms with Crippen molar-refractivity contribution in [1.82, 2.24) is 20.5 Å². The van der Waals surface area contributed by atoms with Crippen LogP contribution in [0, 0.1) is 11.2 Å². The summed E-state index contributed by atoms with van der Waals surface area (Å²) in [6, 6.07) is 18.3. The van der Waals surface area contributed by atoms with Gasteiger partial charge in [0.1, 0.15) is 5.82 Å². The summed E-state index contributed by atoms with van der Waals surface area (Å²) in [5, 5.41) is 20.8. The summed E-state index contributed by atoms with van der Waals surface area (Å²) in [5.41, 5.74) is 2.18. The third-order valence-corrected chi connectivity index (χ3v) is 6.30. The van der Waals surface area contributed by atoms with Gasteiger partial charge >= 0.3 is 0 Å². The number of halogens is 2. The molecule has 0 fully saturated rings. The summed E-state index contributed by atoms with van der Waals surface area (Å²) < 4.78 is 15.0. The minimum absolute atomic E-state index is 0.0971. The molecule has 180 valence electrons. The molecule has 2 heterocycles. The molecule has 0 spiro atoms. The van der Waals surface area contributed by atoms with E-state index in [4.69, 9.17) is 11.6 Å². The van der Waals surface area contributed by atoms with Gasteiger partial charge in [-0.3, -0.25) is 14.9 Å². The lowest BCUT2D eigenvalue weighted by atomic mass is 9.82. The van der Waals surface area contributed by atoms with Crippen LogP contribution in [0.4, 0.5) is 4.39 Å². The number of carbonyl (C=O) groups is 1. The zero-order valence-corrected chi connectivity index (χ0v) is 20.2. The minimum atomic E-state index is -0.644. The summed E-state index contributed by atoms with van der Waals surface area (Å²) in [5.74, 6) is -1.02. The van der Waals surface area contributed by atoms with Crippen LogP contribution in [-0.2, 0) is 6.42 Å². The number of hydrogen-bond acceptors (Lipinski definition) is 4. The summed E-state index contributed by atoms with van der Waals surface area (Å²) in [7, 11) is 0. The normalized spacial score (nSPS) is 12.4. The Balaban J connectivity index is 1.66. The van der Waals surface area contributed by atoms with Gasteiger partial charge in [0.05, 0.1) is 29.1 Å². The number of aromatic nitrogens is 3. The maximum Gasteiger partial charge on any atom is 0.252 e. The number of aromatic amines is 1. The van der Waals surface area contributed by atoms with Gasteiger partial charge in [-0.05, 0) is 48.0 Å². The lowest BCUT2D eigenvalue weighted by Gasteiger charge is -2.33. The standard InChI is InChI=1S/C27H26ClFN4O2/c1-27(2,16-34)24(14-19-6-3-4-13-30-19)31-26(35)20-7-5-8-21(29)25(20)23-15-22(32-33-23)17-9-11-18(28)12-10-17/h3-13,15,24,34H,14,16H2,1-2H3,(H,31,35)(H,32,33)/t24-/m1/s1. The fourth-order valence-electron chi connectivity index (χ4n) is 3.80. The molecule has 0 radical (unpaired) electrons. The SMILES string of the molecule is CC(C)(CO)[C@@H](Cc1ccccn1)NC(=O)c1cccc(F)c1-c1cc(-c2ccc(Cl)cc2)[nH]n1. The van der Waals surface area contributed by atoms with Crippen LogP contribution in [0.1, 0.15) is 29.9 Å². The summed E-state index contributed by atoms with van der Waals surface area (Å²) in [6.07, 6.45) is 2.09. The molecule has 2 aromatic heterocycles. The molecule has 0 unspecified atom stereocenters. The zero-order valence-electron chi connectivity index (χ0n) is 19.4. The molecule has 0 saturated heterocycles.